The highest BCUT2D eigenvalue weighted by Gasteiger charge is 2.25. The van der Waals surface area contributed by atoms with E-state index >= 15 is 0 Å². The molecule has 1 fully saturated rings. The zero-order valence-electron chi connectivity index (χ0n) is 7.96. The lowest BCUT2D eigenvalue weighted by atomic mass is 10.1. The minimum Gasteiger partial charge on any atom is -0.307 e. The summed E-state index contributed by atoms with van der Waals surface area (Å²) in [4.78, 5) is 11.4. The largest absolute Gasteiger partial charge is 0.307 e. The molecule has 1 aromatic heterocycles. The summed E-state index contributed by atoms with van der Waals surface area (Å²) in [6, 6.07) is -0.0262. The molecule has 1 N–H and O–H groups in total. The van der Waals surface area contributed by atoms with Crippen LogP contribution in [0.4, 0.5) is 0 Å². The summed E-state index contributed by atoms with van der Waals surface area (Å²) in [5.74, 6) is 0.304. The lowest BCUT2D eigenvalue weighted by molar-refractivity contribution is -0.118. The number of hydrogen-bond acceptors (Lipinski definition) is 3. The number of hydrogen-bond donors (Lipinski definition) is 1. The van der Waals surface area contributed by atoms with E-state index in [4.69, 9.17) is 0 Å². The number of carbonyl (C=O) groups excluding carboxylic acids is 1. The van der Waals surface area contributed by atoms with E-state index in [1.807, 2.05) is 7.05 Å². The number of nitrogens with zero attached hydrogens (tertiary/aromatic N) is 2. The van der Waals surface area contributed by atoms with E-state index in [2.05, 4.69) is 26.3 Å². The minimum absolute atomic E-state index is 0.0262. The number of rotatable bonds is 2. The van der Waals surface area contributed by atoms with Crippen molar-refractivity contribution >= 4 is 21.7 Å². The summed E-state index contributed by atoms with van der Waals surface area (Å²) in [5.41, 5.74) is 1.07. The van der Waals surface area contributed by atoms with Gasteiger partial charge in [-0.15, -0.1) is 0 Å². The first kappa shape index (κ1) is 9.86. The van der Waals surface area contributed by atoms with E-state index in [0.717, 1.165) is 23.1 Å². The average Bonchev–Trinajstić information content (AvgIpc) is 2.67. The predicted molar refractivity (Wildman–Crippen MR) is 56.0 cm³/mol. The summed E-state index contributed by atoms with van der Waals surface area (Å²) < 4.78 is 2.78. The summed E-state index contributed by atoms with van der Waals surface area (Å²) in [6.45, 7) is 0.805. The Kier molecular flexibility index (Phi) is 2.69. The summed E-state index contributed by atoms with van der Waals surface area (Å²) in [5, 5.41) is 7.30. The van der Waals surface area contributed by atoms with Crippen LogP contribution in [-0.4, -0.2) is 28.2 Å². The van der Waals surface area contributed by atoms with Gasteiger partial charge in [0.1, 0.15) is 0 Å². The van der Waals surface area contributed by atoms with Gasteiger partial charge in [-0.2, -0.15) is 5.10 Å². The summed E-state index contributed by atoms with van der Waals surface area (Å²) >= 11 is 3.42. The van der Waals surface area contributed by atoms with Crippen molar-refractivity contribution in [2.24, 2.45) is 7.05 Å². The molecule has 1 atom stereocenters. The number of nitrogens with one attached hydrogen (secondary N) is 1. The van der Waals surface area contributed by atoms with Crippen LogP contribution in [-0.2, 0) is 18.3 Å². The molecule has 2 heterocycles. The Balaban J connectivity index is 2.14. The van der Waals surface area contributed by atoms with Gasteiger partial charge in [0.05, 0.1) is 22.4 Å². The van der Waals surface area contributed by atoms with Gasteiger partial charge in [0, 0.05) is 26.4 Å². The Labute approximate surface area is 90.8 Å². The Morgan fingerprint density at radius 1 is 1.79 bits per heavy atom. The predicted octanol–water partition coefficient (Wildman–Crippen LogP) is 0.656. The van der Waals surface area contributed by atoms with Crippen molar-refractivity contribution in [1.82, 2.24) is 15.1 Å². The van der Waals surface area contributed by atoms with Crippen LogP contribution in [0, 0.1) is 0 Å². The van der Waals surface area contributed by atoms with Crippen molar-refractivity contribution in [2.45, 2.75) is 18.9 Å². The van der Waals surface area contributed by atoms with E-state index in [9.17, 15) is 4.79 Å². The molecule has 5 heteroatoms. The maximum absolute atomic E-state index is 11.4. The van der Waals surface area contributed by atoms with Crippen LogP contribution in [0.15, 0.2) is 10.7 Å². The van der Waals surface area contributed by atoms with Gasteiger partial charge in [-0.1, -0.05) is 0 Å². The SMILES string of the molecule is Cn1ncc(Br)c1CC1NCCC1=O. The van der Waals surface area contributed by atoms with Crippen molar-refractivity contribution in [3.8, 4) is 0 Å². The average molecular weight is 258 g/mol. The molecular weight excluding hydrogens is 246 g/mol. The third-order valence-corrected chi connectivity index (χ3v) is 3.22. The highest BCUT2D eigenvalue weighted by molar-refractivity contribution is 9.10. The van der Waals surface area contributed by atoms with Crippen LogP contribution < -0.4 is 5.32 Å². The van der Waals surface area contributed by atoms with E-state index in [-0.39, 0.29) is 6.04 Å². The second-order valence-corrected chi connectivity index (χ2v) is 4.34. The third-order valence-electron chi connectivity index (χ3n) is 2.56. The molecule has 14 heavy (non-hydrogen) atoms. The Morgan fingerprint density at radius 2 is 2.57 bits per heavy atom. The van der Waals surface area contributed by atoms with Crippen molar-refractivity contribution in [1.29, 1.82) is 0 Å². The quantitative estimate of drug-likeness (QED) is 0.847. The van der Waals surface area contributed by atoms with Gasteiger partial charge >= 0.3 is 0 Å². The number of Topliss-reactive ketones (excluding diaryl/α,β-unsaturated/α-hetero) is 1. The van der Waals surface area contributed by atoms with Crippen molar-refractivity contribution in [3.05, 3.63) is 16.4 Å². The fourth-order valence-electron chi connectivity index (χ4n) is 1.70. The van der Waals surface area contributed by atoms with Gasteiger partial charge < -0.3 is 5.32 Å². The summed E-state index contributed by atoms with van der Waals surface area (Å²) in [7, 11) is 1.89. The molecule has 1 aliphatic rings. The van der Waals surface area contributed by atoms with Crippen LogP contribution in [0.1, 0.15) is 12.1 Å². The number of ketones is 1. The molecule has 0 bridgehead atoms. The van der Waals surface area contributed by atoms with Gasteiger partial charge in [0.15, 0.2) is 5.78 Å². The smallest absolute Gasteiger partial charge is 0.151 e. The molecule has 2 rings (SSSR count). The zero-order chi connectivity index (χ0) is 10.1. The van der Waals surface area contributed by atoms with Crippen molar-refractivity contribution < 1.29 is 4.79 Å². The van der Waals surface area contributed by atoms with Gasteiger partial charge in [-0.25, -0.2) is 0 Å². The third kappa shape index (κ3) is 1.74. The highest BCUT2D eigenvalue weighted by Crippen LogP contribution is 2.18. The van der Waals surface area contributed by atoms with Crippen LogP contribution >= 0.6 is 15.9 Å². The van der Waals surface area contributed by atoms with Crippen molar-refractivity contribution in [2.75, 3.05) is 6.54 Å². The van der Waals surface area contributed by atoms with E-state index < -0.39 is 0 Å². The molecule has 4 nitrogen and oxygen atoms in total. The molecular formula is C9H12BrN3O. The van der Waals surface area contributed by atoms with Crippen LogP contribution in [0.5, 0.6) is 0 Å². The second-order valence-electron chi connectivity index (χ2n) is 3.49. The number of aromatic nitrogens is 2. The maximum Gasteiger partial charge on any atom is 0.151 e. The Hall–Kier alpha value is -0.680. The molecule has 0 radical (unpaired) electrons. The maximum atomic E-state index is 11.4. The van der Waals surface area contributed by atoms with Crippen LogP contribution in [0.3, 0.4) is 0 Å². The van der Waals surface area contributed by atoms with Crippen LogP contribution in [0.2, 0.25) is 0 Å². The fourth-order valence-corrected chi connectivity index (χ4v) is 2.21. The highest BCUT2D eigenvalue weighted by atomic mass is 79.9. The van der Waals surface area contributed by atoms with Gasteiger partial charge in [-0.05, 0) is 15.9 Å². The number of aryl methyl sites for hydroxylation is 1. The molecule has 1 aliphatic heterocycles. The number of carbonyl (C=O) groups is 1. The molecule has 1 unspecified atom stereocenters. The first-order valence-corrected chi connectivity index (χ1v) is 5.40. The topological polar surface area (TPSA) is 46.9 Å². The molecule has 76 valence electrons. The van der Waals surface area contributed by atoms with Gasteiger partial charge in [-0.3, -0.25) is 9.48 Å². The zero-order valence-corrected chi connectivity index (χ0v) is 9.54. The lowest BCUT2D eigenvalue weighted by Crippen LogP contribution is -2.30. The van der Waals surface area contributed by atoms with E-state index in [1.165, 1.54) is 0 Å². The molecule has 0 aliphatic carbocycles. The molecule has 1 saturated heterocycles. The van der Waals surface area contributed by atoms with E-state index in [0.29, 0.717) is 12.2 Å². The van der Waals surface area contributed by atoms with Crippen LogP contribution in [0.25, 0.3) is 0 Å². The normalized spacial score (nSPS) is 21.9. The molecule has 0 saturated carbocycles. The molecule has 0 spiro atoms. The van der Waals surface area contributed by atoms with Crippen molar-refractivity contribution in [3.63, 3.8) is 0 Å². The first-order chi connectivity index (χ1) is 6.68. The standard InChI is InChI=1S/C9H12BrN3O/c1-13-8(6(10)5-12-13)4-7-9(14)2-3-11-7/h5,7,11H,2-4H2,1H3. The number of halogens is 1. The van der Waals surface area contributed by atoms with Gasteiger partial charge in [0.2, 0.25) is 0 Å². The minimum atomic E-state index is -0.0262. The first-order valence-electron chi connectivity index (χ1n) is 4.61. The fraction of sp³-hybridized carbons (Fsp3) is 0.556. The molecule has 1 aromatic rings. The lowest BCUT2D eigenvalue weighted by Gasteiger charge is -2.09. The van der Waals surface area contributed by atoms with E-state index in [1.54, 1.807) is 10.9 Å². The Bertz CT molecular complexity index is 341. The second kappa shape index (κ2) is 3.82. The summed E-state index contributed by atoms with van der Waals surface area (Å²) in [6.07, 6.45) is 3.13. The molecule has 0 amide bonds. The monoisotopic (exact) mass is 257 g/mol. The molecule has 0 aromatic carbocycles. The Morgan fingerprint density at radius 3 is 3.07 bits per heavy atom. The van der Waals surface area contributed by atoms with Gasteiger partial charge in [0.25, 0.3) is 0 Å².